The second-order valence-corrected chi connectivity index (χ2v) is 8.91. The van der Waals surface area contributed by atoms with Gasteiger partial charge in [0.15, 0.2) is 0 Å². The number of rotatable bonds is 3. The van der Waals surface area contributed by atoms with Gasteiger partial charge < -0.3 is 9.64 Å². The van der Waals surface area contributed by atoms with E-state index in [2.05, 4.69) is 9.88 Å². The lowest BCUT2D eigenvalue weighted by atomic mass is 9.94. The minimum Gasteiger partial charge on any atom is -0.375 e. The van der Waals surface area contributed by atoms with Crippen molar-refractivity contribution in [1.82, 2.24) is 9.29 Å². The quantitative estimate of drug-likeness (QED) is 0.826. The molecule has 0 spiro atoms. The van der Waals surface area contributed by atoms with Gasteiger partial charge in [-0.2, -0.15) is 4.31 Å². The zero-order valence-electron chi connectivity index (χ0n) is 13.2. The third-order valence-corrected chi connectivity index (χ3v) is 7.45. The molecule has 3 aliphatic rings. The van der Waals surface area contributed by atoms with Gasteiger partial charge in [0, 0.05) is 38.3 Å². The summed E-state index contributed by atoms with van der Waals surface area (Å²) in [7, 11) is -3.10. The third-order valence-electron chi connectivity index (χ3n) is 5.09. The number of pyridine rings is 1. The summed E-state index contributed by atoms with van der Waals surface area (Å²) in [6, 6.07) is 5.92. The molecule has 6 nitrogen and oxygen atoms in total. The molecule has 1 aromatic rings. The van der Waals surface area contributed by atoms with Crippen molar-refractivity contribution in [3.05, 3.63) is 24.4 Å². The highest BCUT2D eigenvalue weighted by Gasteiger charge is 2.43. The van der Waals surface area contributed by atoms with Gasteiger partial charge >= 0.3 is 0 Å². The first-order valence-corrected chi connectivity index (χ1v) is 9.91. The largest absolute Gasteiger partial charge is 0.375 e. The Labute approximate surface area is 137 Å². The molecule has 2 atom stereocenters. The van der Waals surface area contributed by atoms with Crippen molar-refractivity contribution in [3.8, 4) is 0 Å². The second-order valence-electron chi connectivity index (χ2n) is 6.69. The van der Waals surface area contributed by atoms with Crippen LogP contribution in [0.1, 0.15) is 19.3 Å². The molecule has 1 aliphatic carbocycles. The molecule has 23 heavy (non-hydrogen) atoms. The normalized spacial score (nSPS) is 29.8. The van der Waals surface area contributed by atoms with Gasteiger partial charge in [0.25, 0.3) is 0 Å². The number of sulfonamides is 1. The maximum absolute atomic E-state index is 12.5. The van der Waals surface area contributed by atoms with Gasteiger partial charge in [0.2, 0.25) is 10.0 Å². The Morgan fingerprint density at radius 2 is 2.00 bits per heavy atom. The number of anilines is 1. The van der Waals surface area contributed by atoms with Gasteiger partial charge in [-0.25, -0.2) is 13.4 Å². The van der Waals surface area contributed by atoms with Crippen LogP contribution in [-0.2, 0) is 14.8 Å². The van der Waals surface area contributed by atoms with E-state index in [0.717, 1.165) is 38.2 Å². The fourth-order valence-corrected chi connectivity index (χ4v) is 5.46. The number of piperidine rings is 1. The van der Waals surface area contributed by atoms with Crippen LogP contribution in [0.2, 0.25) is 0 Å². The van der Waals surface area contributed by atoms with Crippen LogP contribution in [0.5, 0.6) is 0 Å². The molecule has 0 bridgehead atoms. The van der Waals surface area contributed by atoms with Crippen LogP contribution in [0, 0.1) is 5.92 Å². The van der Waals surface area contributed by atoms with E-state index in [9.17, 15) is 8.42 Å². The van der Waals surface area contributed by atoms with Gasteiger partial charge in [-0.1, -0.05) is 6.07 Å². The molecule has 0 N–H and O–H groups in total. The van der Waals surface area contributed by atoms with Crippen molar-refractivity contribution < 1.29 is 13.2 Å². The molecule has 126 valence electrons. The highest BCUT2D eigenvalue weighted by molar-refractivity contribution is 7.90. The standard InChI is InChI=1S/C16H23N3O3S/c20-23(21,14-4-5-14)19-9-10-22-15-12-18(8-6-13(15)11-19)16-3-1-2-7-17-16/h1-3,7,13-15H,4-6,8-12H2/t13-,15-/m0/s1. The van der Waals surface area contributed by atoms with Gasteiger partial charge in [-0.05, 0) is 31.4 Å². The molecule has 3 fully saturated rings. The zero-order chi connectivity index (χ0) is 15.9. The Kier molecular flexibility index (Phi) is 4.03. The molecule has 0 unspecified atom stereocenters. The van der Waals surface area contributed by atoms with E-state index >= 15 is 0 Å². The Bertz CT molecular complexity index is 648. The molecule has 7 heteroatoms. The lowest BCUT2D eigenvalue weighted by Crippen LogP contribution is -2.48. The van der Waals surface area contributed by atoms with E-state index in [1.54, 1.807) is 10.5 Å². The van der Waals surface area contributed by atoms with Crippen LogP contribution in [0.3, 0.4) is 0 Å². The van der Waals surface area contributed by atoms with Crippen molar-refractivity contribution in [2.75, 3.05) is 37.7 Å². The highest BCUT2D eigenvalue weighted by Crippen LogP contribution is 2.34. The van der Waals surface area contributed by atoms with E-state index < -0.39 is 10.0 Å². The second kappa shape index (κ2) is 6.03. The first-order chi connectivity index (χ1) is 11.1. The number of hydrogen-bond acceptors (Lipinski definition) is 5. The van der Waals surface area contributed by atoms with E-state index in [1.165, 1.54) is 0 Å². The Morgan fingerprint density at radius 1 is 1.13 bits per heavy atom. The van der Waals surface area contributed by atoms with Crippen LogP contribution in [-0.4, -0.2) is 61.8 Å². The van der Waals surface area contributed by atoms with Crippen molar-refractivity contribution in [2.45, 2.75) is 30.6 Å². The van der Waals surface area contributed by atoms with Crippen LogP contribution in [0.25, 0.3) is 0 Å². The summed E-state index contributed by atoms with van der Waals surface area (Å²) in [5, 5.41) is -0.132. The molecular weight excluding hydrogens is 314 g/mol. The Morgan fingerprint density at radius 3 is 2.74 bits per heavy atom. The van der Waals surface area contributed by atoms with Gasteiger partial charge in [0.1, 0.15) is 5.82 Å². The number of hydrogen-bond donors (Lipinski definition) is 0. The van der Waals surface area contributed by atoms with Crippen LogP contribution in [0.4, 0.5) is 5.82 Å². The first-order valence-electron chi connectivity index (χ1n) is 8.41. The Hall–Kier alpha value is -1.18. The molecule has 2 saturated heterocycles. The van der Waals surface area contributed by atoms with Crippen LogP contribution >= 0.6 is 0 Å². The van der Waals surface area contributed by atoms with Crippen molar-refractivity contribution in [3.63, 3.8) is 0 Å². The minimum absolute atomic E-state index is 0.0881. The molecule has 4 rings (SSSR count). The molecule has 1 aromatic heterocycles. The van der Waals surface area contributed by atoms with Gasteiger partial charge in [0.05, 0.1) is 18.0 Å². The molecular formula is C16H23N3O3S. The first kappa shape index (κ1) is 15.4. The van der Waals surface area contributed by atoms with Crippen LogP contribution < -0.4 is 4.90 Å². The third kappa shape index (κ3) is 3.09. The fourth-order valence-electron chi connectivity index (χ4n) is 3.58. The molecule has 0 amide bonds. The number of fused-ring (bicyclic) bond motifs is 1. The summed E-state index contributed by atoms with van der Waals surface area (Å²) < 4.78 is 32.7. The van der Waals surface area contributed by atoms with Gasteiger partial charge in [-0.3, -0.25) is 0 Å². The highest BCUT2D eigenvalue weighted by atomic mass is 32.2. The van der Waals surface area contributed by atoms with Gasteiger partial charge in [-0.15, -0.1) is 0 Å². The predicted octanol–water partition coefficient (Wildman–Crippen LogP) is 1.10. The topological polar surface area (TPSA) is 62.7 Å². The smallest absolute Gasteiger partial charge is 0.217 e. The summed E-state index contributed by atoms with van der Waals surface area (Å²) in [5.41, 5.74) is 0. The molecule has 1 saturated carbocycles. The van der Waals surface area contributed by atoms with Crippen LogP contribution in [0.15, 0.2) is 24.4 Å². The molecule has 3 heterocycles. The average molecular weight is 337 g/mol. The zero-order valence-corrected chi connectivity index (χ0v) is 14.0. The fraction of sp³-hybridized carbons (Fsp3) is 0.688. The summed E-state index contributed by atoms with van der Waals surface area (Å²) in [6.07, 6.45) is 4.48. The van der Waals surface area contributed by atoms with Crippen molar-refractivity contribution in [1.29, 1.82) is 0 Å². The predicted molar refractivity (Wildman–Crippen MR) is 87.8 cm³/mol. The van der Waals surface area contributed by atoms with E-state index in [0.29, 0.717) is 19.7 Å². The summed E-state index contributed by atoms with van der Waals surface area (Å²) >= 11 is 0. The van der Waals surface area contributed by atoms with Crippen molar-refractivity contribution >= 4 is 15.8 Å². The number of nitrogens with zero attached hydrogens (tertiary/aromatic N) is 3. The minimum atomic E-state index is -3.10. The monoisotopic (exact) mass is 337 g/mol. The molecule has 0 aromatic carbocycles. The van der Waals surface area contributed by atoms with E-state index in [1.807, 2.05) is 18.2 Å². The molecule has 2 aliphatic heterocycles. The Balaban J connectivity index is 1.46. The number of aromatic nitrogens is 1. The van der Waals surface area contributed by atoms with E-state index in [-0.39, 0.29) is 17.3 Å². The maximum Gasteiger partial charge on any atom is 0.217 e. The number of ether oxygens (including phenoxy) is 1. The van der Waals surface area contributed by atoms with E-state index in [4.69, 9.17) is 4.74 Å². The SMILES string of the molecule is O=S(=O)(C1CC1)N1CCO[C@H]2CN(c3ccccn3)CC[C@H]2C1. The summed E-state index contributed by atoms with van der Waals surface area (Å²) in [4.78, 5) is 6.66. The maximum atomic E-state index is 12.5. The lowest BCUT2D eigenvalue weighted by molar-refractivity contribution is 0.0251. The summed E-state index contributed by atoms with van der Waals surface area (Å²) in [5.74, 6) is 1.26. The average Bonchev–Trinajstić information content (AvgIpc) is 3.41. The summed E-state index contributed by atoms with van der Waals surface area (Å²) in [6.45, 7) is 3.29. The van der Waals surface area contributed by atoms with Crippen molar-refractivity contribution in [2.24, 2.45) is 5.92 Å². The molecule has 0 radical (unpaired) electrons. The lowest BCUT2D eigenvalue weighted by Gasteiger charge is -2.38.